The van der Waals surface area contributed by atoms with Crippen molar-refractivity contribution in [3.05, 3.63) is 23.4 Å². The van der Waals surface area contributed by atoms with Crippen molar-refractivity contribution < 1.29 is 4.74 Å². The topological polar surface area (TPSA) is 84.0 Å². The number of nitriles is 1. The first-order valence-electron chi connectivity index (χ1n) is 4.80. The molecule has 5 heteroatoms. The number of hydrogen-bond donors (Lipinski definition) is 2. The van der Waals surface area contributed by atoms with E-state index in [1.54, 1.807) is 6.07 Å². The Balaban J connectivity index is 2.30. The van der Waals surface area contributed by atoms with Crippen LogP contribution < -0.4 is 11.3 Å². The average Bonchev–Trinajstić information content (AvgIpc) is 2.81. The molecular weight excluding hydrogens is 192 g/mol. The maximum Gasteiger partial charge on any atom is 0.158 e. The predicted octanol–water partition coefficient (Wildman–Crippen LogP) is 0.743. The van der Waals surface area contributed by atoms with Gasteiger partial charge in [-0.2, -0.15) is 5.26 Å². The molecule has 0 aliphatic carbocycles. The number of nitrogens with one attached hydrogen (secondary N) is 1. The first-order chi connectivity index (χ1) is 7.35. The molecule has 5 nitrogen and oxygen atoms in total. The van der Waals surface area contributed by atoms with Gasteiger partial charge in [-0.25, -0.2) is 10.8 Å². The van der Waals surface area contributed by atoms with Gasteiger partial charge in [0.05, 0.1) is 12.2 Å². The van der Waals surface area contributed by atoms with E-state index in [0.717, 1.165) is 18.7 Å². The Hall–Kier alpha value is -1.64. The molecule has 1 fully saturated rings. The first kappa shape index (κ1) is 9.90. The third-order valence-electron chi connectivity index (χ3n) is 2.52. The second kappa shape index (κ2) is 4.26. The van der Waals surface area contributed by atoms with Gasteiger partial charge in [0.2, 0.25) is 0 Å². The van der Waals surface area contributed by atoms with Gasteiger partial charge in [0.15, 0.2) is 5.82 Å². The minimum atomic E-state index is 0.324. The van der Waals surface area contributed by atoms with Crippen LogP contribution in [0.25, 0.3) is 0 Å². The number of anilines is 1. The number of nitrogen functional groups attached to an aromatic ring is 1. The Bertz CT molecular complexity index is 393. The second-order valence-electron chi connectivity index (χ2n) is 3.45. The van der Waals surface area contributed by atoms with E-state index in [1.165, 1.54) is 0 Å². The van der Waals surface area contributed by atoms with Crippen molar-refractivity contribution in [3.8, 4) is 6.07 Å². The van der Waals surface area contributed by atoms with Gasteiger partial charge in [0.25, 0.3) is 0 Å². The fourth-order valence-corrected chi connectivity index (χ4v) is 1.67. The summed E-state index contributed by atoms with van der Waals surface area (Å²) in [6.07, 6.45) is 0.975. The third kappa shape index (κ3) is 1.91. The average molecular weight is 204 g/mol. The Morgan fingerprint density at radius 3 is 3.07 bits per heavy atom. The van der Waals surface area contributed by atoms with Gasteiger partial charge in [-0.05, 0) is 18.6 Å². The van der Waals surface area contributed by atoms with Crippen molar-refractivity contribution in [1.82, 2.24) is 4.98 Å². The molecule has 2 rings (SSSR count). The number of rotatable bonds is 2. The van der Waals surface area contributed by atoms with Crippen LogP contribution in [0, 0.1) is 11.3 Å². The molecule has 0 spiro atoms. The zero-order valence-corrected chi connectivity index (χ0v) is 8.23. The van der Waals surface area contributed by atoms with Gasteiger partial charge in [-0.1, -0.05) is 0 Å². The lowest BCUT2D eigenvalue weighted by atomic mass is 10.0. The minimum Gasteiger partial charge on any atom is -0.381 e. The fraction of sp³-hybridized carbons (Fsp3) is 0.400. The number of nitrogens with two attached hydrogens (primary N) is 1. The van der Waals surface area contributed by atoms with E-state index in [-0.39, 0.29) is 0 Å². The largest absolute Gasteiger partial charge is 0.381 e. The molecule has 0 aromatic carbocycles. The molecule has 0 bridgehead atoms. The highest BCUT2D eigenvalue weighted by molar-refractivity contribution is 5.51. The van der Waals surface area contributed by atoms with Crippen LogP contribution in [-0.2, 0) is 4.74 Å². The summed E-state index contributed by atoms with van der Waals surface area (Å²) in [5.41, 5.74) is 3.82. The molecular formula is C10H12N4O. The third-order valence-corrected chi connectivity index (χ3v) is 2.52. The molecule has 0 radical (unpaired) electrons. The number of ether oxygens (including phenoxy) is 1. The summed E-state index contributed by atoms with van der Waals surface area (Å²) in [6.45, 7) is 1.47. The SMILES string of the molecule is N#Cc1ccc(C2CCOC2)nc1NN. The first-order valence-corrected chi connectivity index (χ1v) is 4.80. The highest BCUT2D eigenvalue weighted by Crippen LogP contribution is 2.25. The lowest BCUT2D eigenvalue weighted by Gasteiger charge is -2.09. The molecule has 1 saturated heterocycles. The van der Waals surface area contributed by atoms with E-state index in [1.807, 2.05) is 12.1 Å². The van der Waals surface area contributed by atoms with Gasteiger partial charge in [-0.3, -0.25) is 0 Å². The van der Waals surface area contributed by atoms with E-state index in [9.17, 15) is 0 Å². The normalized spacial score (nSPS) is 19.9. The molecule has 0 amide bonds. The van der Waals surface area contributed by atoms with Crippen LogP contribution in [0.3, 0.4) is 0 Å². The van der Waals surface area contributed by atoms with Gasteiger partial charge in [0.1, 0.15) is 6.07 Å². The van der Waals surface area contributed by atoms with Gasteiger partial charge < -0.3 is 10.2 Å². The molecule has 0 saturated carbocycles. The van der Waals surface area contributed by atoms with Crippen LogP contribution in [0.15, 0.2) is 12.1 Å². The van der Waals surface area contributed by atoms with Crippen molar-refractivity contribution >= 4 is 5.82 Å². The molecule has 1 aromatic heterocycles. The molecule has 1 aliphatic rings. The number of aromatic nitrogens is 1. The number of pyridine rings is 1. The predicted molar refractivity (Wildman–Crippen MR) is 54.9 cm³/mol. The Morgan fingerprint density at radius 1 is 1.60 bits per heavy atom. The van der Waals surface area contributed by atoms with Crippen molar-refractivity contribution in [2.24, 2.45) is 5.84 Å². The molecule has 1 unspecified atom stereocenters. The quantitative estimate of drug-likeness (QED) is 0.548. The van der Waals surface area contributed by atoms with Crippen LogP contribution >= 0.6 is 0 Å². The molecule has 1 atom stereocenters. The number of nitrogens with zero attached hydrogens (tertiary/aromatic N) is 2. The Labute approximate surface area is 87.8 Å². The maximum atomic E-state index is 8.80. The van der Waals surface area contributed by atoms with Crippen LogP contribution in [-0.4, -0.2) is 18.2 Å². The lowest BCUT2D eigenvalue weighted by Crippen LogP contribution is -2.12. The highest BCUT2D eigenvalue weighted by Gasteiger charge is 2.19. The summed E-state index contributed by atoms with van der Waals surface area (Å²) < 4.78 is 5.28. The van der Waals surface area contributed by atoms with Crippen LogP contribution in [0.5, 0.6) is 0 Å². The van der Waals surface area contributed by atoms with Gasteiger partial charge in [0, 0.05) is 18.2 Å². The summed E-state index contributed by atoms with van der Waals surface area (Å²) in [4.78, 5) is 4.31. The Kier molecular flexibility index (Phi) is 2.81. The maximum absolute atomic E-state index is 8.80. The van der Waals surface area contributed by atoms with E-state index < -0.39 is 0 Å². The van der Waals surface area contributed by atoms with Crippen molar-refractivity contribution in [2.45, 2.75) is 12.3 Å². The summed E-state index contributed by atoms with van der Waals surface area (Å²) in [6, 6.07) is 5.62. The van der Waals surface area contributed by atoms with Gasteiger partial charge in [-0.15, -0.1) is 0 Å². The van der Waals surface area contributed by atoms with Crippen molar-refractivity contribution in [2.75, 3.05) is 18.6 Å². The summed E-state index contributed by atoms with van der Waals surface area (Å²) >= 11 is 0. The smallest absolute Gasteiger partial charge is 0.158 e. The lowest BCUT2D eigenvalue weighted by molar-refractivity contribution is 0.193. The highest BCUT2D eigenvalue weighted by atomic mass is 16.5. The zero-order chi connectivity index (χ0) is 10.7. The van der Waals surface area contributed by atoms with E-state index in [2.05, 4.69) is 10.4 Å². The standard InChI is InChI=1S/C10H12N4O/c11-5-7-1-2-9(13-10(7)14-12)8-3-4-15-6-8/h1-2,8H,3-4,6,12H2,(H,13,14). The van der Waals surface area contributed by atoms with E-state index >= 15 is 0 Å². The van der Waals surface area contributed by atoms with E-state index in [0.29, 0.717) is 23.9 Å². The summed E-state index contributed by atoms with van der Waals surface area (Å²) in [7, 11) is 0. The molecule has 2 heterocycles. The second-order valence-corrected chi connectivity index (χ2v) is 3.45. The zero-order valence-electron chi connectivity index (χ0n) is 8.23. The van der Waals surface area contributed by atoms with Crippen LogP contribution in [0.4, 0.5) is 5.82 Å². The summed E-state index contributed by atoms with van der Waals surface area (Å²) in [5.74, 6) is 6.06. The Morgan fingerprint density at radius 2 is 2.47 bits per heavy atom. The molecule has 78 valence electrons. The minimum absolute atomic E-state index is 0.324. The molecule has 1 aliphatic heterocycles. The number of hydrazine groups is 1. The molecule has 3 N–H and O–H groups in total. The van der Waals surface area contributed by atoms with Crippen LogP contribution in [0.2, 0.25) is 0 Å². The van der Waals surface area contributed by atoms with Crippen molar-refractivity contribution in [1.29, 1.82) is 5.26 Å². The van der Waals surface area contributed by atoms with Crippen molar-refractivity contribution in [3.63, 3.8) is 0 Å². The summed E-state index contributed by atoms with van der Waals surface area (Å²) in [5, 5.41) is 8.80. The van der Waals surface area contributed by atoms with Crippen LogP contribution in [0.1, 0.15) is 23.6 Å². The molecule has 15 heavy (non-hydrogen) atoms. The monoisotopic (exact) mass is 204 g/mol. The fourth-order valence-electron chi connectivity index (χ4n) is 1.67. The van der Waals surface area contributed by atoms with E-state index in [4.69, 9.17) is 15.8 Å². The molecule has 1 aromatic rings. The van der Waals surface area contributed by atoms with Gasteiger partial charge >= 0.3 is 0 Å². The number of hydrogen-bond acceptors (Lipinski definition) is 5.